The second-order valence-electron chi connectivity index (χ2n) is 7.83. The number of hydrogen-bond acceptors (Lipinski definition) is 5. The number of rotatable bonds is 6. The van der Waals surface area contributed by atoms with Crippen molar-refractivity contribution >= 4 is 5.78 Å². The van der Waals surface area contributed by atoms with Crippen molar-refractivity contribution < 1.29 is 14.3 Å². The van der Waals surface area contributed by atoms with E-state index in [1.54, 1.807) is 0 Å². The maximum absolute atomic E-state index is 13.9. The molecule has 5 nitrogen and oxygen atoms in total. The molecule has 0 saturated carbocycles. The number of aryl methyl sites for hydroxylation is 1. The highest BCUT2D eigenvalue weighted by Crippen LogP contribution is 2.31. The summed E-state index contributed by atoms with van der Waals surface area (Å²) in [5.41, 5.74) is 3.13. The molecule has 2 aliphatic heterocycles. The lowest BCUT2D eigenvalue weighted by atomic mass is 9.89. The molecule has 0 aromatic heterocycles. The van der Waals surface area contributed by atoms with Crippen LogP contribution in [0.1, 0.15) is 27.5 Å². The van der Waals surface area contributed by atoms with Gasteiger partial charge in [0.25, 0.3) is 0 Å². The van der Waals surface area contributed by atoms with Crippen LogP contribution in [0.3, 0.4) is 0 Å². The molecule has 0 N–H and O–H groups in total. The molecule has 29 heavy (non-hydrogen) atoms. The van der Waals surface area contributed by atoms with Crippen LogP contribution in [0.2, 0.25) is 0 Å². The lowest BCUT2D eigenvalue weighted by Crippen LogP contribution is -2.55. The minimum Gasteiger partial charge on any atom is -0.379 e. The SMILES string of the molecule is Cc1ccc(C(=O)C(C(c2ccccc2)N2CCOCC2)N2CCOCC2)cc1. The predicted octanol–water partition coefficient (Wildman–Crippen LogP) is 2.95. The van der Waals surface area contributed by atoms with E-state index >= 15 is 0 Å². The first-order chi connectivity index (χ1) is 14.2. The van der Waals surface area contributed by atoms with Crippen molar-refractivity contribution in [1.82, 2.24) is 9.80 Å². The van der Waals surface area contributed by atoms with Crippen molar-refractivity contribution in [2.45, 2.75) is 19.0 Å². The molecule has 0 aliphatic carbocycles. The van der Waals surface area contributed by atoms with Gasteiger partial charge in [-0.3, -0.25) is 14.6 Å². The van der Waals surface area contributed by atoms with Crippen LogP contribution >= 0.6 is 0 Å². The number of carbonyl (C=O) groups is 1. The van der Waals surface area contributed by atoms with Crippen LogP contribution in [0.4, 0.5) is 0 Å². The summed E-state index contributed by atoms with van der Waals surface area (Å²) in [5, 5.41) is 0. The Kier molecular flexibility index (Phi) is 6.72. The van der Waals surface area contributed by atoms with E-state index in [1.807, 2.05) is 37.3 Å². The van der Waals surface area contributed by atoms with E-state index in [2.05, 4.69) is 34.1 Å². The van der Waals surface area contributed by atoms with Crippen LogP contribution in [0.15, 0.2) is 54.6 Å². The van der Waals surface area contributed by atoms with Gasteiger partial charge in [-0.2, -0.15) is 0 Å². The number of carbonyl (C=O) groups excluding carboxylic acids is 1. The van der Waals surface area contributed by atoms with Gasteiger partial charge in [-0.1, -0.05) is 60.2 Å². The molecule has 2 aromatic carbocycles. The zero-order valence-corrected chi connectivity index (χ0v) is 17.1. The van der Waals surface area contributed by atoms with Crippen molar-refractivity contribution in [3.8, 4) is 0 Å². The zero-order chi connectivity index (χ0) is 20.1. The Hall–Kier alpha value is -2.05. The topological polar surface area (TPSA) is 42.0 Å². The minimum absolute atomic E-state index is 0.00740. The van der Waals surface area contributed by atoms with Crippen LogP contribution in [0.5, 0.6) is 0 Å². The fourth-order valence-corrected chi connectivity index (χ4v) is 4.35. The third-order valence-corrected chi connectivity index (χ3v) is 5.92. The molecular weight excluding hydrogens is 364 g/mol. The largest absolute Gasteiger partial charge is 0.379 e. The zero-order valence-electron chi connectivity index (χ0n) is 17.1. The number of ether oxygens (including phenoxy) is 2. The monoisotopic (exact) mass is 394 g/mol. The summed E-state index contributed by atoms with van der Waals surface area (Å²) in [6.07, 6.45) is 0. The molecule has 2 atom stereocenters. The molecule has 2 fully saturated rings. The molecule has 0 radical (unpaired) electrons. The molecular formula is C24H30N2O3. The molecule has 0 bridgehead atoms. The van der Waals surface area contributed by atoms with Crippen molar-refractivity contribution in [2.75, 3.05) is 52.6 Å². The van der Waals surface area contributed by atoms with Crippen LogP contribution in [-0.4, -0.2) is 74.2 Å². The Labute approximate surface area is 173 Å². The van der Waals surface area contributed by atoms with Gasteiger partial charge in [0.05, 0.1) is 38.5 Å². The van der Waals surface area contributed by atoms with Gasteiger partial charge in [0.15, 0.2) is 5.78 Å². The smallest absolute Gasteiger partial charge is 0.181 e. The van der Waals surface area contributed by atoms with Gasteiger partial charge in [-0.25, -0.2) is 0 Å². The molecule has 2 saturated heterocycles. The van der Waals surface area contributed by atoms with Crippen LogP contribution in [-0.2, 0) is 9.47 Å². The van der Waals surface area contributed by atoms with Gasteiger partial charge in [-0.15, -0.1) is 0 Å². The highest BCUT2D eigenvalue weighted by molar-refractivity contribution is 6.00. The molecule has 154 valence electrons. The van der Waals surface area contributed by atoms with Gasteiger partial charge in [0.1, 0.15) is 0 Å². The summed E-state index contributed by atoms with van der Waals surface area (Å²) in [4.78, 5) is 18.6. The summed E-state index contributed by atoms with van der Waals surface area (Å²) < 4.78 is 11.2. The second-order valence-corrected chi connectivity index (χ2v) is 7.83. The summed E-state index contributed by atoms with van der Waals surface area (Å²) >= 11 is 0. The number of nitrogens with zero attached hydrogens (tertiary/aromatic N) is 2. The molecule has 5 heteroatoms. The third kappa shape index (κ3) is 4.75. The summed E-state index contributed by atoms with van der Waals surface area (Å²) in [5.74, 6) is 0.187. The Morgan fingerprint density at radius 2 is 1.34 bits per heavy atom. The van der Waals surface area contributed by atoms with E-state index in [4.69, 9.17) is 9.47 Å². The number of hydrogen-bond donors (Lipinski definition) is 0. The predicted molar refractivity (Wildman–Crippen MR) is 113 cm³/mol. The first-order valence-corrected chi connectivity index (χ1v) is 10.5. The molecule has 2 aliphatic rings. The highest BCUT2D eigenvalue weighted by Gasteiger charge is 2.39. The number of ketones is 1. The average molecular weight is 395 g/mol. The van der Waals surface area contributed by atoms with Crippen LogP contribution in [0.25, 0.3) is 0 Å². The van der Waals surface area contributed by atoms with E-state index in [1.165, 1.54) is 5.56 Å². The van der Waals surface area contributed by atoms with Crippen molar-refractivity contribution in [3.63, 3.8) is 0 Å². The van der Waals surface area contributed by atoms with Gasteiger partial charge >= 0.3 is 0 Å². The first-order valence-electron chi connectivity index (χ1n) is 10.5. The maximum Gasteiger partial charge on any atom is 0.181 e. The quantitative estimate of drug-likeness (QED) is 0.705. The van der Waals surface area contributed by atoms with E-state index in [-0.39, 0.29) is 17.9 Å². The number of Topliss-reactive ketones (excluding diaryl/α,β-unsaturated/α-hetero) is 1. The Morgan fingerprint density at radius 1 is 0.793 bits per heavy atom. The fourth-order valence-electron chi connectivity index (χ4n) is 4.35. The molecule has 2 aromatic rings. The summed E-state index contributed by atoms with van der Waals surface area (Å²) in [6.45, 7) is 8.02. The number of benzene rings is 2. The first kappa shape index (κ1) is 20.2. The Bertz CT molecular complexity index is 782. The van der Waals surface area contributed by atoms with E-state index in [9.17, 15) is 4.79 Å². The fraction of sp³-hybridized carbons (Fsp3) is 0.458. The molecule has 2 unspecified atom stereocenters. The van der Waals surface area contributed by atoms with Crippen molar-refractivity contribution in [1.29, 1.82) is 0 Å². The van der Waals surface area contributed by atoms with Gasteiger partial charge in [0, 0.05) is 31.7 Å². The average Bonchev–Trinajstić information content (AvgIpc) is 2.79. The van der Waals surface area contributed by atoms with E-state index in [0.29, 0.717) is 26.4 Å². The van der Waals surface area contributed by atoms with Crippen LogP contribution < -0.4 is 0 Å². The minimum atomic E-state index is -0.248. The summed E-state index contributed by atoms with van der Waals surface area (Å²) in [6, 6.07) is 18.2. The van der Waals surface area contributed by atoms with E-state index < -0.39 is 0 Å². The van der Waals surface area contributed by atoms with Gasteiger partial charge in [0.2, 0.25) is 0 Å². The molecule has 0 spiro atoms. The lowest BCUT2D eigenvalue weighted by molar-refractivity contribution is -0.0301. The maximum atomic E-state index is 13.9. The highest BCUT2D eigenvalue weighted by atomic mass is 16.5. The summed E-state index contributed by atoms with van der Waals surface area (Å²) in [7, 11) is 0. The van der Waals surface area contributed by atoms with Gasteiger partial charge in [-0.05, 0) is 12.5 Å². The normalized spacial score (nSPS) is 20.9. The van der Waals surface area contributed by atoms with Crippen LogP contribution in [0, 0.1) is 6.92 Å². The lowest BCUT2D eigenvalue weighted by Gasteiger charge is -2.44. The Morgan fingerprint density at radius 3 is 1.93 bits per heavy atom. The Balaban J connectivity index is 1.74. The van der Waals surface area contributed by atoms with Gasteiger partial charge < -0.3 is 9.47 Å². The molecule has 0 amide bonds. The molecule has 4 rings (SSSR count). The standard InChI is InChI=1S/C24H30N2O3/c1-19-7-9-21(10-8-19)24(27)23(26-13-17-29-18-14-26)22(20-5-3-2-4-6-20)25-11-15-28-16-12-25/h2-10,22-23H,11-18H2,1H3. The van der Waals surface area contributed by atoms with Crippen molar-refractivity contribution in [3.05, 3.63) is 71.3 Å². The second kappa shape index (κ2) is 9.63. The third-order valence-electron chi connectivity index (χ3n) is 5.92. The number of morpholine rings is 2. The molecule has 2 heterocycles. The van der Waals surface area contributed by atoms with Crippen molar-refractivity contribution in [2.24, 2.45) is 0 Å². The van der Waals surface area contributed by atoms with E-state index in [0.717, 1.165) is 37.3 Å².